The molecule has 0 saturated carbocycles. The van der Waals surface area contributed by atoms with Crippen molar-refractivity contribution in [1.82, 2.24) is 14.9 Å². The summed E-state index contributed by atoms with van der Waals surface area (Å²) < 4.78 is 6.62. The molecule has 1 amide bonds. The van der Waals surface area contributed by atoms with E-state index in [1.807, 2.05) is 31.2 Å². The fraction of sp³-hybridized carbons (Fsp3) is 0.235. The highest BCUT2D eigenvalue weighted by Crippen LogP contribution is 2.12. The summed E-state index contributed by atoms with van der Waals surface area (Å²) in [6.07, 6.45) is 1.88. The summed E-state index contributed by atoms with van der Waals surface area (Å²) in [6.45, 7) is 2.15. The number of fused-ring (bicyclic) bond motifs is 1. The Balaban J connectivity index is 1.65. The summed E-state index contributed by atoms with van der Waals surface area (Å²) in [5.41, 5.74) is 2.02. The Morgan fingerprint density at radius 2 is 2.04 bits per heavy atom. The lowest BCUT2D eigenvalue weighted by Gasteiger charge is -2.13. The van der Waals surface area contributed by atoms with Crippen molar-refractivity contribution < 1.29 is 9.21 Å². The van der Waals surface area contributed by atoms with E-state index in [1.54, 1.807) is 24.4 Å². The molecule has 118 valence electrons. The molecule has 6 heteroatoms. The molecule has 0 fully saturated rings. The monoisotopic (exact) mass is 311 g/mol. The van der Waals surface area contributed by atoms with Crippen LogP contribution in [0, 0.1) is 0 Å². The predicted octanol–water partition coefficient (Wildman–Crippen LogP) is 2.26. The third-order valence-electron chi connectivity index (χ3n) is 3.65. The number of hydrogen-bond donors (Lipinski definition) is 1. The number of oxazole rings is 1. The maximum absolute atomic E-state index is 12.1. The molecule has 2 aromatic heterocycles. The molecule has 6 nitrogen and oxygen atoms in total. The summed E-state index contributed by atoms with van der Waals surface area (Å²) in [5.74, 6) is -0.586. The number of amides is 1. The Hall–Kier alpha value is -2.89. The van der Waals surface area contributed by atoms with Crippen LogP contribution in [-0.2, 0) is 11.3 Å². The van der Waals surface area contributed by atoms with E-state index in [4.69, 9.17) is 4.42 Å². The minimum atomic E-state index is -0.447. The first-order valence-electron chi connectivity index (χ1n) is 7.44. The highest BCUT2D eigenvalue weighted by atomic mass is 16.4. The number of pyridine rings is 1. The van der Waals surface area contributed by atoms with Gasteiger partial charge in [-0.2, -0.15) is 0 Å². The Morgan fingerprint density at radius 3 is 2.83 bits per heavy atom. The highest BCUT2D eigenvalue weighted by molar-refractivity contribution is 5.77. The van der Waals surface area contributed by atoms with E-state index >= 15 is 0 Å². The topological polar surface area (TPSA) is 77.1 Å². The van der Waals surface area contributed by atoms with Crippen LogP contribution < -0.4 is 11.1 Å². The maximum Gasteiger partial charge on any atom is 0.419 e. The van der Waals surface area contributed by atoms with Crippen molar-refractivity contribution in [3.63, 3.8) is 0 Å². The van der Waals surface area contributed by atoms with Crippen molar-refractivity contribution in [2.45, 2.75) is 25.9 Å². The van der Waals surface area contributed by atoms with Crippen molar-refractivity contribution >= 4 is 17.0 Å². The van der Waals surface area contributed by atoms with Crippen LogP contribution in [0.15, 0.2) is 57.9 Å². The van der Waals surface area contributed by atoms with Gasteiger partial charge in [-0.25, -0.2) is 4.79 Å². The second kappa shape index (κ2) is 6.48. The molecule has 0 aliphatic heterocycles. The van der Waals surface area contributed by atoms with Gasteiger partial charge in [-0.15, -0.1) is 0 Å². The van der Waals surface area contributed by atoms with Crippen molar-refractivity contribution in [3.05, 3.63) is 64.9 Å². The van der Waals surface area contributed by atoms with Crippen LogP contribution in [0.2, 0.25) is 0 Å². The van der Waals surface area contributed by atoms with Crippen LogP contribution in [0.25, 0.3) is 11.1 Å². The molecular weight excluding hydrogens is 294 g/mol. The van der Waals surface area contributed by atoms with Crippen LogP contribution in [-0.4, -0.2) is 15.5 Å². The van der Waals surface area contributed by atoms with Crippen molar-refractivity contribution in [1.29, 1.82) is 0 Å². The van der Waals surface area contributed by atoms with E-state index in [9.17, 15) is 9.59 Å². The predicted molar refractivity (Wildman–Crippen MR) is 85.9 cm³/mol. The molecule has 0 aliphatic rings. The Morgan fingerprint density at radius 1 is 1.26 bits per heavy atom. The lowest BCUT2D eigenvalue weighted by molar-refractivity contribution is -0.122. The first-order chi connectivity index (χ1) is 11.1. The van der Waals surface area contributed by atoms with Gasteiger partial charge in [0.1, 0.15) is 0 Å². The molecule has 23 heavy (non-hydrogen) atoms. The number of para-hydroxylation sites is 2. The Labute approximate surface area is 132 Å². The lowest BCUT2D eigenvalue weighted by Crippen LogP contribution is -2.29. The van der Waals surface area contributed by atoms with Gasteiger partial charge in [-0.1, -0.05) is 18.2 Å². The number of aryl methyl sites for hydroxylation is 1. The number of nitrogens with one attached hydrogen (secondary N) is 1. The summed E-state index contributed by atoms with van der Waals surface area (Å²) in [7, 11) is 0. The summed E-state index contributed by atoms with van der Waals surface area (Å²) >= 11 is 0. The molecule has 3 rings (SSSR count). The molecule has 1 atom stereocenters. The van der Waals surface area contributed by atoms with Gasteiger partial charge >= 0.3 is 5.76 Å². The largest absolute Gasteiger partial charge is 0.419 e. The minimum absolute atomic E-state index is 0.139. The molecule has 0 saturated heterocycles. The number of hydrogen-bond acceptors (Lipinski definition) is 4. The van der Waals surface area contributed by atoms with Crippen LogP contribution in [0.5, 0.6) is 0 Å². The standard InChI is InChI=1S/C17H17N3O3/c1-12(13-6-4-5-10-18-13)19-16(21)9-11-20-14-7-2-3-8-15(14)23-17(20)22/h2-8,10,12H,9,11H2,1H3,(H,19,21). The third kappa shape index (κ3) is 3.31. The highest BCUT2D eigenvalue weighted by Gasteiger charge is 2.13. The van der Waals surface area contributed by atoms with E-state index in [1.165, 1.54) is 4.57 Å². The average molecular weight is 311 g/mol. The van der Waals surface area contributed by atoms with E-state index in [-0.39, 0.29) is 24.9 Å². The Bertz CT molecular complexity index is 867. The number of benzene rings is 1. The fourth-order valence-electron chi connectivity index (χ4n) is 2.46. The SMILES string of the molecule is CC(NC(=O)CCn1c(=O)oc2ccccc21)c1ccccn1. The number of nitrogens with zero attached hydrogens (tertiary/aromatic N) is 2. The zero-order valence-electron chi connectivity index (χ0n) is 12.7. The molecule has 0 aliphatic carbocycles. The zero-order valence-corrected chi connectivity index (χ0v) is 12.7. The second-order valence-electron chi connectivity index (χ2n) is 5.28. The minimum Gasteiger partial charge on any atom is -0.408 e. The van der Waals surface area contributed by atoms with Gasteiger partial charge in [0.05, 0.1) is 17.3 Å². The molecule has 0 bridgehead atoms. The number of aromatic nitrogens is 2. The van der Waals surface area contributed by atoms with E-state index in [0.717, 1.165) is 5.69 Å². The van der Waals surface area contributed by atoms with E-state index < -0.39 is 5.76 Å². The molecule has 0 spiro atoms. The number of rotatable bonds is 5. The number of carbonyl (C=O) groups excluding carboxylic acids is 1. The Kier molecular flexibility index (Phi) is 4.23. The zero-order chi connectivity index (χ0) is 16.2. The number of carbonyl (C=O) groups is 1. The molecule has 1 N–H and O–H groups in total. The third-order valence-corrected chi connectivity index (χ3v) is 3.65. The van der Waals surface area contributed by atoms with Gasteiger partial charge in [0.15, 0.2) is 5.58 Å². The van der Waals surface area contributed by atoms with Crippen LogP contribution in [0.3, 0.4) is 0 Å². The smallest absolute Gasteiger partial charge is 0.408 e. The molecule has 1 aromatic carbocycles. The lowest BCUT2D eigenvalue weighted by atomic mass is 10.2. The first kappa shape index (κ1) is 15.0. The molecular formula is C17H17N3O3. The van der Waals surface area contributed by atoms with Crippen LogP contribution in [0.1, 0.15) is 25.1 Å². The summed E-state index contributed by atoms with van der Waals surface area (Å²) in [4.78, 5) is 28.1. The van der Waals surface area contributed by atoms with Crippen LogP contribution in [0.4, 0.5) is 0 Å². The van der Waals surface area contributed by atoms with E-state index in [2.05, 4.69) is 10.3 Å². The molecule has 3 aromatic rings. The maximum atomic E-state index is 12.1. The molecule has 0 radical (unpaired) electrons. The first-order valence-corrected chi connectivity index (χ1v) is 7.44. The van der Waals surface area contributed by atoms with Gasteiger partial charge < -0.3 is 9.73 Å². The van der Waals surface area contributed by atoms with Gasteiger partial charge in [-0.05, 0) is 31.2 Å². The average Bonchev–Trinajstić information content (AvgIpc) is 2.89. The summed E-state index contributed by atoms with van der Waals surface area (Å²) in [6, 6.07) is 12.6. The molecule has 1 unspecified atom stereocenters. The second-order valence-corrected chi connectivity index (χ2v) is 5.28. The van der Waals surface area contributed by atoms with E-state index in [0.29, 0.717) is 11.1 Å². The van der Waals surface area contributed by atoms with Crippen molar-refractivity contribution in [2.75, 3.05) is 0 Å². The van der Waals surface area contributed by atoms with Gasteiger partial charge in [0.2, 0.25) is 5.91 Å². The fourth-order valence-corrected chi connectivity index (χ4v) is 2.46. The van der Waals surface area contributed by atoms with Crippen molar-refractivity contribution in [2.24, 2.45) is 0 Å². The van der Waals surface area contributed by atoms with Gasteiger partial charge in [-0.3, -0.25) is 14.3 Å². The molecule has 2 heterocycles. The van der Waals surface area contributed by atoms with Gasteiger partial charge in [0.25, 0.3) is 0 Å². The van der Waals surface area contributed by atoms with Crippen molar-refractivity contribution in [3.8, 4) is 0 Å². The van der Waals surface area contributed by atoms with Crippen LogP contribution >= 0.6 is 0 Å². The normalized spacial score (nSPS) is 12.2. The quantitative estimate of drug-likeness (QED) is 0.784. The van der Waals surface area contributed by atoms with Gasteiger partial charge in [0, 0.05) is 19.2 Å². The summed E-state index contributed by atoms with van der Waals surface area (Å²) in [5, 5.41) is 2.88.